The van der Waals surface area contributed by atoms with Crippen molar-refractivity contribution in [3.05, 3.63) is 260 Å². The van der Waals surface area contributed by atoms with Gasteiger partial charge in [-0.1, -0.05) is 215 Å². The van der Waals surface area contributed by atoms with Gasteiger partial charge in [-0.2, -0.15) is 0 Å². The molecule has 0 N–H and O–H groups in total. The molecule has 2 atom stereocenters. The van der Waals surface area contributed by atoms with Gasteiger partial charge in [0.15, 0.2) is 0 Å². The molecule has 2 unspecified atom stereocenters. The Labute approximate surface area is 457 Å². The number of rotatable bonds is 12. The van der Waals surface area contributed by atoms with E-state index < -0.39 is 0 Å². The summed E-state index contributed by atoms with van der Waals surface area (Å²) in [4.78, 5) is 5.25. The second kappa shape index (κ2) is 19.2. The van der Waals surface area contributed by atoms with Gasteiger partial charge in [0.1, 0.15) is 11.5 Å². The largest absolute Gasteiger partial charge is 0.458 e. The molecule has 0 spiro atoms. The molecule has 1 aromatic heterocycles. The predicted octanol–water partition coefficient (Wildman–Crippen LogP) is 17.4. The van der Waals surface area contributed by atoms with E-state index in [9.17, 15) is 0 Å². The van der Waals surface area contributed by atoms with Crippen LogP contribution in [0.3, 0.4) is 0 Å². The summed E-state index contributed by atoms with van der Waals surface area (Å²) < 4.78 is 9.93. The number of benzene rings is 10. The first-order valence-electron chi connectivity index (χ1n) is 28.2. The van der Waals surface area contributed by atoms with Gasteiger partial charge in [-0.25, -0.2) is 0 Å². The molecular weight excluding hydrogens is 946 g/mol. The molecular formula is C73H58BN3O. The Morgan fingerprint density at radius 2 is 1.08 bits per heavy atom. The molecule has 0 radical (unpaired) electrons. The van der Waals surface area contributed by atoms with Crippen LogP contribution in [0.4, 0.5) is 28.4 Å². The van der Waals surface area contributed by atoms with Crippen LogP contribution < -0.4 is 30.9 Å². The topological polar surface area (TPSA) is 20.6 Å². The first kappa shape index (κ1) is 46.3. The number of aromatic nitrogens is 1. The van der Waals surface area contributed by atoms with Crippen molar-refractivity contribution >= 4 is 73.3 Å². The molecule has 374 valence electrons. The Kier molecular flexibility index (Phi) is 11.4. The van der Waals surface area contributed by atoms with Crippen molar-refractivity contribution in [2.75, 3.05) is 9.80 Å². The molecule has 11 aromatic rings. The van der Waals surface area contributed by atoms with Crippen LogP contribution in [-0.4, -0.2) is 17.3 Å². The Balaban J connectivity index is 1.02. The normalized spacial score (nSPS) is 15.5. The van der Waals surface area contributed by atoms with E-state index >= 15 is 0 Å². The highest BCUT2D eigenvalue weighted by atomic mass is 16.5. The molecule has 78 heavy (non-hydrogen) atoms. The van der Waals surface area contributed by atoms with Gasteiger partial charge < -0.3 is 19.1 Å². The molecule has 0 saturated carbocycles. The third-order valence-corrected chi connectivity index (χ3v) is 17.1. The van der Waals surface area contributed by atoms with E-state index in [2.05, 4.69) is 270 Å². The molecule has 0 fully saturated rings. The number of allylic oxidation sites excluding steroid dienone is 2. The van der Waals surface area contributed by atoms with Gasteiger partial charge >= 0.3 is 0 Å². The highest BCUT2D eigenvalue weighted by Crippen LogP contribution is 2.53. The van der Waals surface area contributed by atoms with E-state index in [0.29, 0.717) is 0 Å². The minimum atomic E-state index is -0.107. The van der Waals surface area contributed by atoms with Crippen molar-refractivity contribution < 1.29 is 4.74 Å². The fourth-order valence-corrected chi connectivity index (χ4v) is 13.5. The van der Waals surface area contributed by atoms with Gasteiger partial charge in [0, 0.05) is 62.3 Å². The highest BCUT2D eigenvalue weighted by molar-refractivity contribution is 6.99. The molecule has 1 aliphatic carbocycles. The van der Waals surface area contributed by atoms with Crippen molar-refractivity contribution in [3.63, 3.8) is 0 Å². The first-order valence-corrected chi connectivity index (χ1v) is 28.2. The van der Waals surface area contributed by atoms with Crippen molar-refractivity contribution in [3.8, 4) is 50.6 Å². The first-order chi connectivity index (χ1) is 38.7. The maximum Gasteiger partial charge on any atom is 0.256 e. The zero-order valence-electron chi connectivity index (χ0n) is 43.9. The van der Waals surface area contributed by atoms with Crippen LogP contribution in [0.1, 0.15) is 56.1 Å². The second-order valence-electron chi connectivity index (χ2n) is 21.6. The summed E-state index contributed by atoms with van der Waals surface area (Å²) in [5.41, 5.74) is 22.7. The van der Waals surface area contributed by atoms with Crippen LogP contribution in [0.2, 0.25) is 0 Å². The van der Waals surface area contributed by atoms with Crippen LogP contribution in [0.15, 0.2) is 249 Å². The molecule has 0 bridgehead atoms. The number of para-hydroxylation sites is 3. The van der Waals surface area contributed by atoms with Crippen LogP contribution >= 0.6 is 0 Å². The molecule has 5 heteroatoms. The SMILES string of the molecule is CCCCCCCc1cc2c3c(c1)N(c1c(-c4ccccc4)cc(-c4ccccc4)cc1-c1ccccc1)c1cc(N4c5ccccc5C5C=CC=CC54)ccc1B3c1ccc(-n3c4ccccc4c4ccccc43)cc1O2. The molecule has 4 nitrogen and oxygen atoms in total. The minimum Gasteiger partial charge on any atom is -0.458 e. The lowest BCUT2D eigenvalue weighted by Crippen LogP contribution is -2.59. The zero-order valence-corrected chi connectivity index (χ0v) is 43.9. The van der Waals surface area contributed by atoms with Crippen molar-refractivity contribution in [1.29, 1.82) is 0 Å². The number of anilines is 5. The van der Waals surface area contributed by atoms with Crippen LogP contribution in [-0.2, 0) is 6.42 Å². The van der Waals surface area contributed by atoms with Crippen LogP contribution in [0.5, 0.6) is 11.5 Å². The van der Waals surface area contributed by atoms with Crippen molar-refractivity contribution in [2.45, 2.75) is 57.4 Å². The van der Waals surface area contributed by atoms with E-state index in [1.807, 2.05) is 0 Å². The summed E-state index contributed by atoms with van der Waals surface area (Å²) in [6.45, 7) is 2.19. The van der Waals surface area contributed by atoms with Crippen molar-refractivity contribution in [1.82, 2.24) is 4.57 Å². The van der Waals surface area contributed by atoms with E-state index in [1.54, 1.807) is 0 Å². The lowest BCUT2D eigenvalue weighted by molar-refractivity contribution is 0.486. The second-order valence-corrected chi connectivity index (χ2v) is 21.6. The van der Waals surface area contributed by atoms with E-state index in [0.717, 1.165) is 46.8 Å². The average molecular weight is 1000 g/mol. The molecule has 10 aromatic carbocycles. The number of unbranched alkanes of at least 4 members (excludes halogenated alkanes) is 4. The Hall–Kier alpha value is -9.06. The summed E-state index contributed by atoms with van der Waals surface area (Å²) in [5, 5.41) is 2.49. The molecule has 3 aliphatic heterocycles. The van der Waals surface area contributed by atoms with Crippen molar-refractivity contribution in [2.24, 2.45) is 0 Å². The average Bonchev–Trinajstić information content (AvgIpc) is 3.75. The maximum absolute atomic E-state index is 7.52. The van der Waals surface area contributed by atoms with E-state index in [4.69, 9.17) is 4.74 Å². The fraction of sp³-hybridized carbons (Fsp3) is 0.123. The summed E-state index contributed by atoms with van der Waals surface area (Å²) >= 11 is 0. The van der Waals surface area contributed by atoms with Gasteiger partial charge in [-0.3, -0.25) is 0 Å². The molecule has 15 rings (SSSR count). The van der Waals surface area contributed by atoms with E-state index in [1.165, 1.54) is 120 Å². The van der Waals surface area contributed by atoms with Crippen LogP contribution in [0.25, 0.3) is 60.9 Å². The van der Waals surface area contributed by atoms with E-state index in [-0.39, 0.29) is 18.7 Å². The standard InChI is InChI=1S/C73H58BN3O/c1-2-3-4-5-9-24-49-43-69-72-71(44-49)78-70-48-55(76-66-37-22-18-33-58(66)59-34-19-23-38-67(59)76)40-42-63(70)74(72)62-41-39-54(75-64-35-20-16-31-56(64)57-32-17-21-36-65(57)75)47-68(62)77(69)73-60(51-27-12-7-13-28-51)45-53(50-25-10-6-11-26-50)46-61(73)52-29-14-8-15-30-52/h6-8,10-23,25-48,56,64H,2-5,9,24H2,1H3. The highest BCUT2D eigenvalue weighted by Gasteiger charge is 2.45. The van der Waals surface area contributed by atoms with Gasteiger partial charge in [0.25, 0.3) is 6.71 Å². The summed E-state index contributed by atoms with van der Waals surface area (Å²) in [6.07, 6.45) is 16.2. The van der Waals surface area contributed by atoms with Gasteiger partial charge in [-0.05, 0) is 123 Å². The molecule has 0 saturated heterocycles. The third-order valence-electron chi connectivity index (χ3n) is 17.1. The summed E-state index contributed by atoms with van der Waals surface area (Å²) in [5.74, 6) is 2.10. The monoisotopic (exact) mass is 1000 g/mol. The fourth-order valence-electron chi connectivity index (χ4n) is 13.5. The number of ether oxygens (including phenoxy) is 1. The maximum atomic E-state index is 7.52. The lowest BCUT2D eigenvalue weighted by atomic mass is 9.34. The third kappa shape index (κ3) is 7.58. The minimum absolute atomic E-state index is 0.107. The Morgan fingerprint density at radius 3 is 1.79 bits per heavy atom. The predicted molar refractivity (Wildman–Crippen MR) is 329 cm³/mol. The van der Waals surface area contributed by atoms with Gasteiger partial charge in [0.2, 0.25) is 0 Å². The molecule has 0 amide bonds. The van der Waals surface area contributed by atoms with Gasteiger partial charge in [0.05, 0.1) is 22.8 Å². The summed E-state index contributed by atoms with van der Waals surface area (Å²) in [7, 11) is 0. The number of aryl methyl sites for hydroxylation is 1. The molecule has 4 heterocycles. The number of fused-ring (bicyclic) bond motifs is 10. The summed E-state index contributed by atoms with van der Waals surface area (Å²) in [6, 6.07) is 83.9. The number of hydrogen-bond acceptors (Lipinski definition) is 3. The van der Waals surface area contributed by atoms with Gasteiger partial charge in [-0.15, -0.1) is 0 Å². The quantitative estimate of drug-likeness (QED) is 0.0899. The Bertz CT molecular complexity index is 4060. The molecule has 4 aliphatic rings. The lowest BCUT2D eigenvalue weighted by Gasteiger charge is -2.42. The zero-order chi connectivity index (χ0) is 51.7. The number of nitrogens with zero attached hydrogens (tertiary/aromatic N) is 3. The number of hydrogen-bond donors (Lipinski definition) is 0. The van der Waals surface area contributed by atoms with Crippen LogP contribution in [0, 0.1) is 0 Å². The Morgan fingerprint density at radius 1 is 0.462 bits per heavy atom. The smallest absolute Gasteiger partial charge is 0.256 e.